The van der Waals surface area contributed by atoms with E-state index in [-0.39, 0.29) is 22.7 Å². The van der Waals surface area contributed by atoms with Gasteiger partial charge in [0.15, 0.2) is 6.61 Å². The van der Waals surface area contributed by atoms with Crippen LogP contribution in [0.5, 0.6) is 5.75 Å². The molecule has 5 aromatic rings. The molecule has 0 spiro atoms. The summed E-state index contributed by atoms with van der Waals surface area (Å²) in [6.45, 7) is 4.49. The molecule has 0 amide bonds. The predicted octanol–water partition coefficient (Wildman–Crippen LogP) is 9.67. The number of aromatic nitrogens is 1. The first kappa shape index (κ1) is 34.3. The van der Waals surface area contributed by atoms with Gasteiger partial charge in [-0.05, 0) is 42.7 Å². The van der Waals surface area contributed by atoms with Crippen molar-refractivity contribution < 1.29 is 36.9 Å². The number of oxime groups is 1. The van der Waals surface area contributed by atoms with Crippen molar-refractivity contribution in [3.05, 3.63) is 94.0 Å². The Morgan fingerprint density at radius 1 is 0.979 bits per heavy atom. The zero-order chi connectivity index (χ0) is 34.6. The molecule has 5 rings (SSSR count). The Bertz CT molecular complexity index is 2010. The number of halogens is 4. The fraction of sp³-hybridized carbons (Fsp3) is 0.333. The first-order chi connectivity index (χ1) is 23.0. The molecule has 0 fully saturated rings. The second kappa shape index (κ2) is 14.4. The first-order valence-corrected chi connectivity index (χ1v) is 15.7. The van der Waals surface area contributed by atoms with Crippen LogP contribution in [0.1, 0.15) is 57.6 Å². The lowest BCUT2D eigenvalue weighted by Crippen LogP contribution is -2.34. The second-order valence-electron chi connectivity index (χ2n) is 11.7. The van der Waals surface area contributed by atoms with E-state index in [4.69, 9.17) is 9.57 Å². The molecule has 252 valence electrons. The lowest BCUT2D eigenvalue weighted by Gasteiger charge is -2.19. The number of benzene rings is 4. The summed E-state index contributed by atoms with van der Waals surface area (Å²) in [5.41, 5.74) is 2.06. The molecular formula is C36H35F4N3O5. The maximum Gasteiger partial charge on any atom is 0.340 e. The third-order valence-electron chi connectivity index (χ3n) is 8.44. The summed E-state index contributed by atoms with van der Waals surface area (Å²) in [6.07, 6.45) is 0.125. The number of non-ortho nitro benzene ring substituents is 1. The quantitative estimate of drug-likeness (QED) is 0.0387. The maximum atomic E-state index is 13.8. The van der Waals surface area contributed by atoms with Crippen LogP contribution in [0.4, 0.5) is 23.2 Å². The number of carbonyl (C=O) groups is 1. The van der Waals surface area contributed by atoms with Crippen molar-refractivity contribution in [2.45, 2.75) is 65.3 Å². The molecule has 1 aromatic heterocycles. The van der Waals surface area contributed by atoms with Gasteiger partial charge in [0.2, 0.25) is 0 Å². The monoisotopic (exact) mass is 665 g/mol. The molecular weight excluding hydrogens is 630 g/mol. The topological polar surface area (TPSA) is 96.0 Å². The molecule has 0 aliphatic rings. The Kier molecular flexibility index (Phi) is 10.3. The molecule has 4 aromatic carbocycles. The highest BCUT2D eigenvalue weighted by Gasteiger charge is 2.42. The molecule has 12 heteroatoms. The number of nitrogens with zero attached hydrogens (tertiary/aromatic N) is 3. The van der Waals surface area contributed by atoms with Gasteiger partial charge in [-0.25, -0.2) is 13.6 Å². The Morgan fingerprint density at radius 3 is 2.35 bits per heavy atom. The van der Waals surface area contributed by atoms with E-state index in [0.29, 0.717) is 34.2 Å². The van der Waals surface area contributed by atoms with Gasteiger partial charge in [0.25, 0.3) is 5.69 Å². The van der Waals surface area contributed by atoms with Gasteiger partial charge in [-0.1, -0.05) is 74.7 Å². The highest BCUT2D eigenvalue weighted by molar-refractivity contribution is 6.22. The van der Waals surface area contributed by atoms with Crippen LogP contribution in [-0.2, 0) is 16.2 Å². The van der Waals surface area contributed by atoms with Gasteiger partial charge < -0.3 is 14.1 Å². The summed E-state index contributed by atoms with van der Waals surface area (Å²) < 4.78 is 60.8. The molecule has 8 nitrogen and oxygen atoms in total. The molecule has 0 bridgehead atoms. The van der Waals surface area contributed by atoms with E-state index in [1.807, 2.05) is 18.2 Å². The zero-order valence-corrected chi connectivity index (χ0v) is 26.7. The van der Waals surface area contributed by atoms with E-state index in [9.17, 15) is 32.5 Å². The minimum atomic E-state index is -4.41. The van der Waals surface area contributed by atoms with Gasteiger partial charge in [-0.2, -0.15) is 8.78 Å². The Morgan fingerprint density at radius 2 is 1.69 bits per heavy atom. The summed E-state index contributed by atoms with van der Waals surface area (Å²) in [4.78, 5) is 28.7. The lowest BCUT2D eigenvalue weighted by atomic mass is 9.98. The summed E-state index contributed by atoms with van der Waals surface area (Å²) in [6, 6.07) is 19.9. The van der Waals surface area contributed by atoms with E-state index in [2.05, 4.69) is 23.6 Å². The van der Waals surface area contributed by atoms with Crippen molar-refractivity contribution in [1.29, 1.82) is 0 Å². The third-order valence-corrected chi connectivity index (χ3v) is 8.44. The largest absolute Gasteiger partial charge is 0.486 e. The highest BCUT2D eigenvalue weighted by Crippen LogP contribution is 2.40. The van der Waals surface area contributed by atoms with Gasteiger partial charge >= 0.3 is 18.3 Å². The Hall–Kier alpha value is -5.00. The van der Waals surface area contributed by atoms with Crippen molar-refractivity contribution >= 4 is 49.9 Å². The van der Waals surface area contributed by atoms with Crippen LogP contribution in [0.15, 0.2) is 78.0 Å². The van der Waals surface area contributed by atoms with Crippen molar-refractivity contribution in [2.24, 2.45) is 11.1 Å². The molecule has 0 radical (unpaired) electrons. The molecule has 0 aliphatic heterocycles. The van der Waals surface area contributed by atoms with Gasteiger partial charge in [-0.3, -0.25) is 10.1 Å². The number of alkyl halides is 4. The average Bonchev–Trinajstić information content (AvgIpc) is 3.38. The number of hydrogen-bond donors (Lipinski definition) is 0. The summed E-state index contributed by atoms with van der Waals surface area (Å²) in [5.74, 6) is -5.01. The van der Waals surface area contributed by atoms with Crippen LogP contribution in [0.3, 0.4) is 0 Å². The number of nitro groups is 1. The number of ether oxygens (including phenoxy) is 1. The zero-order valence-electron chi connectivity index (χ0n) is 26.7. The van der Waals surface area contributed by atoms with E-state index in [0.717, 1.165) is 49.0 Å². The molecule has 0 saturated carbocycles. The Balaban J connectivity index is 1.76. The van der Waals surface area contributed by atoms with Gasteiger partial charge in [0.05, 0.1) is 15.8 Å². The van der Waals surface area contributed by atoms with E-state index in [1.165, 1.54) is 18.2 Å². The highest BCUT2D eigenvalue weighted by atomic mass is 19.3. The average molecular weight is 666 g/mol. The second-order valence-corrected chi connectivity index (χ2v) is 11.7. The minimum absolute atomic E-state index is 0.00799. The number of hydrogen-bond acceptors (Lipinski definition) is 6. The summed E-state index contributed by atoms with van der Waals surface area (Å²) >= 11 is 0. The van der Waals surface area contributed by atoms with E-state index < -0.39 is 29.8 Å². The molecule has 1 heterocycles. The van der Waals surface area contributed by atoms with E-state index >= 15 is 0 Å². The number of fused-ring (bicyclic) bond motifs is 5. The van der Waals surface area contributed by atoms with Crippen LogP contribution in [0.25, 0.3) is 32.6 Å². The number of unbranched alkanes of at least 4 members (excludes halogenated alkanes) is 1. The smallest absolute Gasteiger partial charge is 0.340 e. The molecule has 48 heavy (non-hydrogen) atoms. The van der Waals surface area contributed by atoms with Crippen LogP contribution in [0.2, 0.25) is 0 Å². The molecule has 1 atom stereocenters. The van der Waals surface area contributed by atoms with Crippen molar-refractivity contribution in [2.75, 3.05) is 6.61 Å². The minimum Gasteiger partial charge on any atom is -0.486 e. The summed E-state index contributed by atoms with van der Waals surface area (Å²) in [5, 5.41) is 18.8. The lowest BCUT2D eigenvalue weighted by molar-refractivity contribution is -0.382. The predicted molar refractivity (Wildman–Crippen MR) is 177 cm³/mol. The van der Waals surface area contributed by atoms with Crippen molar-refractivity contribution in [3.8, 4) is 5.75 Å². The normalized spacial score (nSPS) is 13.0. The maximum absolute atomic E-state index is 13.8. The van der Waals surface area contributed by atoms with Gasteiger partial charge in [0, 0.05) is 52.3 Å². The standard InChI is InChI=1S/C36H35F4N3O5/c1-4-6-11-23(5-2)20-42-30-17-16-24(18-28(30)29-19-31(43(45)46)25-12-7-8-13-26(25)34(29)42)33(41-48-22(3)44)27-14-9-10-15-32(27)47-21-36(39,40)35(37)38/h7-10,12-19,23,35H,4-6,11,20-21H2,1-3H3/b41-33-. The molecule has 0 N–H and O–H groups in total. The summed E-state index contributed by atoms with van der Waals surface area (Å²) in [7, 11) is 0. The van der Waals surface area contributed by atoms with Gasteiger partial charge in [-0.15, -0.1) is 0 Å². The fourth-order valence-corrected chi connectivity index (χ4v) is 6.00. The van der Waals surface area contributed by atoms with Crippen LogP contribution in [0, 0.1) is 16.0 Å². The van der Waals surface area contributed by atoms with E-state index in [1.54, 1.807) is 36.4 Å². The van der Waals surface area contributed by atoms with Crippen molar-refractivity contribution in [3.63, 3.8) is 0 Å². The molecule has 0 saturated heterocycles. The molecule has 1 unspecified atom stereocenters. The third kappa shape index (κ3) is 6.97. The Labute approximate surface area is 274 Å². The number of para-hydroxylation sites is 1. The number of rotatable bonds is 14. The number of nitro benzene ring substituents is 1. The fourth-order valence-electron chi connectivity index (χ4n) is 6.00. The SMILES string of the molecule is CCCCC(CC)Cn1c2ccc(/C(=N/OC(C)=O)c3ccccc3OCC(F)(F)C(F)F)cc2c2cc([N+](=O)[O-])c3ccccc3c21. The first-order valence-electron chi connectivity index (χ1n) is 15.7. The molecule has 0 aliphatic carbocycles. The van der Waals surface area contributed by atoms with Gasteiger partial charge in [0.1, 0.15) is 11.5 Å². The van der Waals surface area contributed by atoms with Crippen LogP contribution >= 0.6 is 0 Å². The number of carbonyl (C=O) groups excluding carboxylic acids is 1. The van der Waals surface area contributed by atoms with Crippen LogP contribution < -0.4 is 4.74 Å². The van der Waals surface area contributed by atoms with Crippen LogP contribution in [-0.4, -0.2) is 40.1 Å². The van der Waals surface area contributed by atoms with Crippen molar-refractivity contribution in [1.82, 2.24) is 4.57 Å².